The van der Waals surface area contributed by atoms with Crippen LogP contribution in [-0.2, 0) is 4.74 Å². The van der Waals surface area contributed by atoms with E-state index in [1.54, 1.807) is 49.5 Å². The number of urea groups is 1. The van der Waals surface area contributed by atoms with E-state index in [9.17, 15) is 9.59 Å². The second kappa shape index (κ2) is 7.65. The second-order valence-electron chi connectivity index (χ2n) is 5.73. The predicted octanol–water partition coefficient (Wildman–Crippen LogP) is 3.29. The molecule has 1 heterocycles. The lowest BCUT2D eigenvalue weighted by Gasteiger charge is -2.09. The van der Waals surface area contributed by atoms with E-state index in [0.29, 0.717) is 29.7 Å². The molecule has 1 aromatic heterocycles. The molecule has 7 heteroatoms. The zero-order valence-electron chi connectivity index (χ0n) is 13.9. The lowest BCUT2D eigenvalue weighted by Crippen LogP contribution is -2.30. The number of anilines is 3. The Morgan fingerprint density at radius 1 is 1.12 bits per heavy atom. The van der Waals surface area contributed by atoms with Crippen molar-refractivity contribution in [1.82, 2.24) is 10.3 Å². The molecular weight excluding hydrogens is 320 g/mol. The number of amides is 2. The first-order chi connectivity index (χ1) is 12.1. The number of nitrogens with zero attached hydrogens (tertiary/aromatic N) is 1. The summed E-state index contributed by atoms with van der Waals surface area (Å²) in [5, 5.41) is 8.73. The van der Waals surface area contributed by atoms with E-state index in [2.05, 4.69) is 20.9 Å². The summed E-state index contributed by atoms with van der Waals surface area (Å²) in [6.07, 6.45) is 3.68. The number of carbonyl (C=O) groups is 2. The van der Waals surface area contributed by atoms with Crippen molar-refractivity contribution in [3.05, 3.63) is 48.2 Å². The maximum atomic E-state index is 11.7. The van der Waals surface area contributed by atoms with Gasteiger partial charge in [-0.1, -0.05) is 0 Å². The summed E-state index contributed by atoms with van der Waals surface area (Å²) in [5.74, 6) is 0.295. The minimum absolute atomic E-state index is 0.209. The summed E-state index contributed by atoms with van der Waals surface area (Å²) in [6.45, 7) is 2.12. The average Bonchev–Trinajstić information content (AvgIpc) is 3.41. The van der Waals surface area contributed by atoms with Crippen molar-refractivity contribution in [2.75, 3.05) is 17.2 Å². The van der Waals surface area contributed by atoms with Gasteiger partial charge in [-0.05, 0) is 56.2 Å². The van der Waals surface area contributed by atoms with E-state index in [0.717, 1.165) is 18.5 Å². The topological polar surface area (TPSA) is 92.4 Å². The Bertz CT molecular complexity index is 740. The van der Waals surface area contributed by atoms with Crippen LogP contribution in [0.3, 0.4) is 0 Å². The second-order valence-corrected chi connectivity index (χ2v) is 5.73. The lowest BCUT2D eigenvalue weighted by atomic mass is 10.2. The molecule has 0 spiro atoms. The van der Waals surface area contributed by atoms with Gasteiger partial charge < -0.3 is 20.7 Å². The molecule has 0 radical (unpaired) electrons. The van der Waals surface area contributed by atoms with Gasteiger partial charge in [-0.15, -0.1) is 0 Å². The van der Waals surface area contributed by atoms with Gasteiger partial charge in [0.1, 0.15) is 5.82 Å². The van der Waals surface area contributed by atoms with Crippen molar-refractivity contribution < 1.29 is 14.3 Å². The highest BCUT2D eigenvalue weighted by Crippen LogP contribution is 2.19. The number of hydrogen-bond donors (Lipinski definition) is 3. The molecule has 0 aliphatic heterocycles. The highest BCUT2D eigenvalue weighted by Gasteiger charge is 2.23. The van der Waals surface area contributed by atoms with Crippen LogP contribution in [-0.4, -0.2) is 29.6 Å². The molecule has 2 aromatic rings. The summed E-state index contributed by atoms with van der Waals surface area (Å²) in [7, 11) is 0. The molecular formula is C18H20N4O3. The highest BCUT2D eigenvalue weighted by molar-refractivity contribution is 5.90. The predicted molar refractivity (Wildman–Crippen MR) is 95.1 cm³/mol. The number of ether oxygens (including phenoxy) is 1. The van der Waals surface area contributed by atoms with Crippen molar-refractivity contribution in [3.63, 3.8) is 0 Å². The van der Waals surface area contributed by atoms with E-state index in [4.69, 9.17) is 4.74 Å². The van der Waals surface area contributed by atoms with Gasteiger partial charge in [0.2, 0.25) is 0 Å². The van der Waals surface area contributed by atoms with E-state index in [1.165, 1.54) is 0 Å². The van der Waals surface area contributed by atoms with Gasteiger partial charge in [0.25, 0.3) is 0 Å². The van der Waals surface area contributed by atoms with Gasteiger partial charge in [0.15, 0.2) is 0 Å². The van der Waals surface area contributed by atoms with Crippen molar-refractivity contribution in [2.24, 2.45) is 0 Å². The molecule has 3 rings (SSSR count). The average molecular weight is 340 g/mol. The lowest BCUT2D eigenvalue weighted by molar-refractivity contribution is 0.0526. The molecule has 1 aliphatic carbocycles. The summed E-state index contributed by atoms with van der Waals surface area (Å²) >= 11 is 0. The Balaban J connectivity index is 1.55. The van der Waals surface area contributed by atoms with Gasteiger partial charge in [-0.2, -0.15) is 0 Å². The van der Waals surface area contributed by atoms with Crippen LogP contribution < -0.4 is 16.0 Å². The minimum Gasteiger partial charge on any atom is -0.462 e. The Hall–Kier alpha value is -3.09. The number of hydrogen-bond acceptors (Lipinski definition) is 5. The molecule has 0 atom stereocenters. The monoisotopic (exact) mass is 340 g/mol. The largest absolute Gasteiger partial charge is 0.462 e. The fourth-order valence-electron chi connectivity index (χ4n) is 2.17. The van der Waals surface area contributed by atoms with Crippen LogP contribution in [0.2, 0.25) is 0 Å². The van der Waals surface area contributed by atoms with Crippen LogP contribution in [0.4, 0.5) is 22.0 Å². The van der Waals surface area contributed by atoms with Crippen LogP contribution in [0.25, 0.3) is 0 Å². The number of aromatic nitrogens is 1. The fourth-order valence-corrected chi connectivity index (χ4v) is 2.17. The first-order valence-corrected chi connectivity index (χ1v) is 8.22. The van der Waals surface area contributed by atoms with Crippen LogP contribution in [0, 0.1) is 0 Å². The Morgan fingerprint density at radius 2 is 1.84 bits per heavy atom. The van der Waals surface area contributed by atoms with Gasteiger partial charge >= 0.3 is 12.0 Å². The molecule has 25 heavy (non-hydrogen) atoms. The summed E-state index contributed by atoms with van der Waals surface area (Å²) < 4.78 is 4.95. The Morgan fingerprint density at radius 3 is 2.44 bits per heavy atom. The number of rotatable bonds is 6. The minimum atomic E-state index is -0.341. The molecule has 1 fully saturated rings. The number of nitrogens with one attached hydrogen (secondary N) is 3. The van der Waals surface area contributed by atoms with Crippen molar-refractivity contribution in [3.8, 4) is 0 Å². The van der Waals surface area contributed by atoms with Crippen LogP contribution in [0.5, 0.6) is 0 Å². The standard InChI is InChI=1S/C18H20N4O3/c1-2-25-17(23)12-3-5-13(6-4-12)20-16-10-9-15(11-19-16)22-18(24)21-14-7-8-14/h3-6,9-11,14H,2,7-8H2,1H3,(H,19,20)(H2,21,22,24). The van der Waals surface area contributed by atoms with Crippen molar-refractivity contribution in [1.29, 1.82) is 0 Å². The molecule has 7 nitrogen and oxygen atoms in total. The summed E-state index contributed by atoms with van der Waals surface area (Å²) in [4.78, 5) is 27.5. The van der Waals surface area contributed by atoms with Gasteiger partial charge in [0, 0.05) is 11.7 Å². The van der Waals surface area contributed by atoms with Crippen molar-refractivity contribution in [2.45, 2.75) is 25.8 Å². The van der Waals surface area contributed by atoms with Crippen LogP contribution in [0.1, 0.15) is 30.1 Å². The van der Waals surface area contributed by atoms with E-state index in [1.807, 2.05) is 0 Å². The number of carbonyl (C=O) groups excluding carboxylic acids is 2. The third-order valence-corrected chi connectivity index (χ3v) is 3.60. The number of benzene rings is 1. The smallest absolute Gasteiger partial charge is 0.338 e. The third-order valence-electron chi connectivity index (χ3n) is 3.60. The first-order valence-electron chi connectivity index (χ1n) is 8.22. The molecule has 0 unspecified atom stereocenters. The molecule has 3 N–H and O–H groups in total. The third kappa shape index (κ3) is 4.94. The molecule has 2 amide bonds. The van der Waals surface area contributed by atoms with E-state index >= 15 is 0 Å². The number of esters is 1. The maximum absolute atomic E-state index is 11.7. The molecule has 0 saturated heterocycles. The normalized spacial score (nSPS) is 13.0. The molecule has 0 bridgehead atoms. The molecule has 130 valence electrons. The highest BCUT2D eigenvalue weighted by atomic mass is 16.5. The van der Waals surface area contributed by atoms with Gasteiger partial charge in [-0.25, -0.2) is 14.6 Å². The summed E-state index contributed by atoms with van der Waals surface area (Å²) in [6, 6.07) is 10.6. The fraction of sp³-hybridized carbons (Fsp3) is 0.278. The van der Waals surface area contributed by atoms with Crippen LogP contribution >= 0.6 is 0 Å². The Labute approximate surface area is 145 Å². The zero-order chi connectivity index (χ0) is 17.6. The first kappa shape index (κ1) is 16.8. The van der Waals surface area contributed by atoms with Gasteiger partial charge in [-0.3, -0.25) is 0 Å². The molecule has 1 saturated carbocycles. The molecule has 1 aliphatic rings. The SMILES string of the molecule is CCOC(=O)c1ccc(Nc2ccc(NC(=O)NC3CC3)cn2)cc1. The van der Waals surface area contributed by atoms with Crippen molar-refractivity contribution >= 4 is 29.2 Å². The maximum Gasteiger partial charge on any atom is 0.338 e. The van der Waals surface area contributed by atoms with E-state index < -0.39 is 0 Å². The Kier molecular flexibility index (Phi) is 5.13. The quantitative estimate of drug-likeness (QED) is 0.702. The van der Waals surface area contributed by atoms with Crippen LogP contribution in [0.15, 0.2) is 42.6 Å². The zero-order valence-corrected chi connectivity index (χ0v) is 13.9. The van der Waals surface area contributed by atoms with E-state index in [-0.39, 0.29) is 12.0 Å². The molecule has 1 aromatic carbocycles. The number of pyridine rings is 1. The van der Waals surface area contributed by atoms with Gasteiger partial charge in [0.05, 0.1) is 24.1 Å². The summed E-state index contributed by atoms with van der Waals surface area (Å²) in [5.41, 5.74) is 1.93.